The largest absolute Gasteiger partial charge is 0.462 e. The predicted molar refractivity (Wildman–Crippen MR) is 83.7 cm³/mol. The number of hydrogen-bond acceptors (Lipinski definition) is 4. The second-order valence-electron chi connectivity index (χ2n) is 7.20. The summed E-state index contributed by atoms with van der Waals surface area (Å²) in [5, 5.41) is 0. The first kappa shape index (κ1) is 16.2. The normalized spacial score (nSPS) is 31.9. The number of nitrogens with zero attached hydrogens (tertiary/aromatic N) is 1. The van der Waals surface area contributed by atoms with Crippen molar-refractivity contribution in [3.8, 4) is 0 Å². The Morgan fingerprint density at radius 2 is 1.68 bits per heavy atom. The molecule has 0 spiro atoms. The lowest BCUT2D eigenvalue weighted by atomic mass is 9.85. The van der Waals surface area contributed by atoms with E-state index in [1.54, 1.807) is 0 Å². The minimum absolute atomic E-state index is 0.0339. The number of ether oxygens (including phenoxy) is 1. The second kappa shape index (κ2) is 6.48. The van der Waals surface area contributed by atoms with Crippen molar-refractivity contribution in [2.75, 3.05) is 19.3 Å². The van der Waals surface area contributed by atoms with Gasteiger partial charge in [-0.1, -0.05) is 32.1 Å². The molecule has 0 radical (unpaired) electrons. The first-order valence-corrected chi connectivity index (χ1v) is 10.5. The molecule has 2 atom stereocenters. The van der Waals surface area contributed by atoms with Crippen molar-refractivity contribution in [2.24, 2.45) is 17.8 Å². The summed E-state index contributed by atoms with van der Waals surface area (Å²) in [5.41, 5.74) is 0. The van der Waals surface area contributed by atoms with Crippen LogP contribution in [0, 0.1) is 17.8 Å². The molecule has 3 aliphatic rings. The molecule has 0 aromatic heterocycles. The number of rotatable bonds is 4. The Morgan fingerprint density at radius 3 is 2.27 bits per heavy atom. The smallest absolute Gasteiger partial charge is 0.309 e. The van der Waals surface area contributed by atoms with Crippen molar-refractivity contribution in [2.45, 2.75) is 57.5 Å². The molecular weight excluding hydrogens is 302 g/mol. The molecule has 0 bridgehead atoms. The van der Waals surface area contributed by atoms with Gasteiger partial charge in [-0.15, -0.1) is 0 Å². The zero-order valence-electron chi connectivity index (χ0n) is 13.4. The number of sulfonamides is 1. The third kappa shape index (κ3) is 3.82. The fourth-order valence-electron chi connectivity index (χ4n) is 4.10. The van der Waals surface area contributed by atoms with E-state index in [1.807, 2.05) is 0 Å². The number of esters is 1. The fourth-order valence-corrected chi connectivity index (χ4v) is 4.98. The first-order valence-electron chi connectivity index (χ1n) is 8.61. The zero-order valence-corrected chi connectivity index (χ0v) is 14.2. The van der Waals surface area contributed by atoms with Crippen molar-refractivity contribution < 1.29 is 17.9 Å². The first-order chi connectivity index (χ1) is 10.4. The molecule has 0 unspecified atom stereocenters. The van der Waals surface area contributed by atoms with E-state index in [1.165, 1.54) is 42.7 Å². The standard InChI is InChI=1S/C16H27NO4S/c1-22(19,20)17-9-7-13(8-10-17)21-16(18)15-11-14(15)12-5-3-2-4-6-12/h12-15H,2-11H2,1H3/t14-,15+/m0/s1. The summed E-state index contributed by atoms with van der Waals surface area (Å²) in [6, 6.07) is 0. The second-order valence-corrected chi connectivity index (χ2v) is 9.18. The van der Waals surface area contributed by atoms with Gasteiger partial charge < -0.3 is 4.74 Å². The van der Waals surface area contributed by atoms with Crippen LogP contribution in [0.1, 0.15) is 51.4 Å². The van der Waals surface area contributed by atoms with E-state index in [0.717, 1.165) is 12.3 Å². The summed E-state index contributed by atoms with van der Waals surface area (Å²) in [7, 11) is -3.11. The molecule has 0 aromatic carbocycles. The van der Waals surface area contributed by atoms with Gasteiger partial charge >= 0.3 is 5.97 Å². The van der Waals surface area contributed by atoms with E-state index >= 15 is 0 Å². The minimum atomic E-state index is -3.11. The van der Waals surface area contributed by atoms with E-state index in [4.69, 9.17) is 4.74 Å². The quantitative estimate of drug-likeness (QED) is 0.742. The Bertz CT molecular complexity index is 504. The van der Waals surface area contributed by atoms with Crippen LogP contribution < -0.4 is 0 Å². The maximum absolute atomic E-state index is 12.3. The minimum Gasteiger partial charge on any atom is -0.462 e. The number of hydrogen-bond donors (Lipinski definition) is 0. The van der Waals surface area contributed by atoms with E-state index in [2.05, 4.69) is 0 Å². The van der Waals surface area contributed by atoms with Crippen molar-refractivity contribution in [1.29, 1.82) is 0 Å². The highest BCUT2D eigenvalue weighted by molar-refractivity contribution is 7.88. The number of carbonyl (C=O) groups excluding carboxylic acids is 1. The molecule has 0 aromatic rings. The maximum Gasteiger partial charge on any atom is 0.309 e. The summed E-state index contributed by atoms with van der Waals surface area (Å²) in [6.45, 7) is 0.932. The molecule has 1 saturated heterocycles. The fraction of sp³-hybridized carbons (Fsp3) is 0.938. The lowest BCUT2D eigenvalue weighted by Crippen LogP contribution is -2.41. The van der Waals surface area contributed by atoms with Gasteiger partial charge in [0.05, 0.1) is 12.2 Å². The van der Waals surface area contributed by atoms with Crippen molar-refractivity contribution in [3.63, 3.8) is 0 Å². The number of piperidine rings is 1. The molecule has 2 saturated carbocycles. The Kier molecular flexibility index (Phi) is 4.78. The topological polar surface area (TPSA) is 63.7 Å². The number of carbonyl (C=O) groups is 1. The van der Waals surface area contributed by atoms with E-state index in [-0.39, 0.29) is 18.0 Å². The highest BCUT2D eigenvalue weighted by atomic mass is 32.2. The summed E-state index contributed by atoms with van der Waals surface area (Å²) in [5.74, 6) is 1.38. The van der Waals surface area contributed by atoms with Crippen molar-refractivity contribution >= 4 is 16.0 Å². The van der Waals surface area contributed by atoms with Gasteiger partial charge in [0.1, 0.15) is 6.10 Å². The molecular formula is C16H27NO4S. The zero-order chi connectivity index (χ0) is 15.7. The van der Waals surface area contributed by atoms with E-state index in [9.17, 15) is 13.2 Å². The van der Waals surface area contributed by atoms with Gasteiger partial charge in [0.15, 0.2) is 0 Å². The molecule has 3 fully saturated rings. The molecule has 0 N–H and O–H groups in total. The molecule has 22 heavy (non-hydrogen) atoms. The van der Waals surface area contributed by atoms with Gasteiger partial charge in [-0.2, -0.15) is 0 Å². The van der Waals surface area contributed by atoms with Gasteiger partial charge in [-0.3, -0.25) is 4.79 Å². The highest BCUT2D eigenvalue weighted by Crippen LogP contribution is 2.50. The maximum atomic E-state index is 12.3. The average Bonchev–Trinajstić information content (AvgIpc) is 3.28. The van der Waals surface area contributed by atoms with Gasteiger partial charge in [0.2, 0.25) is 10.0 Å². The van der Waals surface area contributed by atoms with E-state index in [0.29, 0.717) is 31.8 Å². The average molecular weight is 329 g/mol. The Balaban J connectivity index is 1.42. The lowest BCUT2D eigenvalue weighted by molar-refractivity contribution is -0.152. The summed E-state index contributed by atoms with van der Waals surface area (Å²) in [6.07, 6.45) is 9.92. The van der Waals surface area contributed by atoms with Gasteiger partial charge in [-0.25, -0.2) is 12.7 Å². The van der Waals surface area contributed by atoms with Crippen LogP contribution in [0.25, 0.3) is 0 Å². The Hall–Kier alpha value is -0.620. The van der Waals surface area contributed by atoms with Crippen LogP contribution in [0.3, 0.4) is 0 Å². The van der Waals surface area contributed by atoms with Crippen LogP contribution in [0.2, 0.25) is 0 Å². The molecule has 126 valence electrons. The van der Waals surface area contributed by atoms with Crippen LogP contribution >= 0.6 is 0 Å². The van der Waals surface area contributed by atoms with Gasteiger partial charge in [-0.05, 0) is 31.1 Å². The molecule has 3 rings (SSSR count). The monoisotopic (exact) mass is 329 g/mol. The SMILES string of the molecule is CS(=O)(=O)N1CCC(OC(=O)[C@@H]2C[C@H]2C2CCCCC2)CC1. The van der Waals surface area contributed by atoms with Crippen LogP contribution in [-0.4, -0.2) is 44.1 Å². The molecule has 1 heterocycles. The molecule has 6 heteroatoms. The van der Waals surface area contributed by atoms with Gasteiger partial charge in [0, 0.05) is 13.1 Å². The van der Waals surface area contributed by atoms with Crippen molar-refractivity contribution in [3.05, 3.63) is 0 Å². The third-order valence-corrected chi connectivity index (χ3v) is 6.85. The van der Waals surface area contributed by atoms with Crippen LogP contribution in [-0.2, 0) is 19.6 Å². The lowest BCUT2D eigenvalue weighted by Gasteiger charge is -2.30. The molecule has 0 amide bonds. The Labute approximate surface area is 133 Å². The van der Waals surface area contributed by atoms with Crippen LogP contribution in [0.5, 0.6) is 0 Å². The highest BCUT2D eigenvalue weighted by Gasteiger charge is 2.49. The predicted octanol–water partition coefficient (Wildman–Crippen LogP) is 2.17. The third-order valence-electron chi connectivity index (χ3n) is 5.55. The molecule has 5 nitrogen and oxygen atoms in total. The Morgan fingerprint density at radius 1 is 1.05 bits per heavy atom. The molecule has 1 aliphatic heterocycles. The summed E-state index contributed by atoms with van der Waals surface area (Å²) in [4.78, 5) is 12.3. The van der Waals surface area contributed by atoms with E-state index < -0.39 is 10.0 Å². The van der Waals surface area contributed by atoms with Gasteiger partial charge in [0.25, 0.3) is 0 Å². The molecule has 2 aliphatic carbocycles. The van der Waals surface area contributed by atoms with Crippen molar-refractivity contribution in [1.82, 2.24) is 4.31 Å². The summed E-state index contributed by atoms with van der Waals surface area (Å²) >= 11 is 0. The van der Waals surface area contributed by atoms with Crippen LogP contribution in [0.4, 0.5) is 0 Å². The summed E-state index contributed by atoms with van der Waals surface area (Å²) < 4.78 is 30.0. The van der Waals surface area contributed by atoms with Crippen LogP contribution in [0.15, 0.2) is 0 Å².